The molecule has 1 aromatic heterocycles. The third kappa shape index (κ3) is 3.52. The molecule has 4 aromatic carbocycles. The number of aromatic nitrogens is 2. The molecule has 0 saturated heterocycles. The Balaban J connectivity index is 1.83. The van der Waals surface area contributed by atoms with Crippen LogP contribution in [0.15, 0.2) is 72.8 Å². The number of benzene rings is 4. The summed E-state index contributed by atoms with van der Waals surface area (Å²) in [5.74, 6) is -2.25. The van der Waals surface area contributed by atoms with Crippen LogP contribution in [-0.2, 0) is 0 Å². The molecule has 0 amide bonds. The van der Waals surface area contributed by atoms with E-state index < -0.39 is 17.5 Å². The van der Waals surface area contributed by atoms with E-state index in [-0.39, 0.29) is 5.56 Å². The van der Waals surface area contributed by atoms with Gasteiger partial charge in [0.05, 0.1) is 11.0 Å². The zero-order valence-corrected chi connectivity index (χ0v) is 18.6. The van der Waals surface area contributed by atoms with E-state index in [2.05, 4.69) is 0 Å². The zero-order chi connectivity index (χ0) is 23.3. The van der Waals surface area contributed by atoms with Crippen molar-refractivity contribution in [2.24, 2.45) is 0 Å². The molecular weight excluding hydrogens is 444 g/mol. The van der Waals surface area contributed by atoms with Crippen molar-refractivity contribution >= 4 is 45.0 Å². The molecular formula is C26H18ClF2N3O. The fourth-order valence-electron chi connectivity index (χ4n) is 4.06. The molecule has 1 heterocycles. The van der Waals surface area contributed by atoms with Gasteiger partial charge in [0, 0.05) is 41.3 Å². The lowest BCUT2D eigenvalue weighted by molar-refractivity contribution is 0.0965. The maximum absolute atomic E-state index is 13.9. The summed E-state index contributed by atoms with van der Waals surface area (Å²) in [5.41, 5.74) is 2.80. The lowest BCUT2D eigenvalue weighted by Gasteiger charge is -2.18. The third-order valence-corrected chi connectivity index (χ3v) is 5.85. The van der Waals surface area contributed by atoms with Gasteiger partial charge in [-0.05, 0) is 53.9 Å². The summed E-state index contributed by atoms with van der Waals surface area (Å²) in [6.45, 7) is 0. The van der Waals surface area contributed by atoms with Gasteiger partial charge in [0.25, 0.3) is 5.91 Å². The number of hydrogen-bond acceptors (Lipinski definition) is 3. The zero-order valence-electron chi connectivity index (χ0n) is 17.8. The predicted octanol–water partition coefficient (Wildman–Crippen LogP) is 6.54. The van der Waals surface area contributed by atoms with E-state index in [0.717, 1.165) is 34.2 Å². The molecule has 0 aliphatic rings. The van der Waals surface area contributed by atoms with E-state index in [9.17, 15) is 13.6 Å². The summed E-state index contributed by atoms with van der Waals surface area (Å²) in [4.78, 5) is 20.3. The van der Waals surface area contributed by atoms with Crippen LogP contribution in [0.3, 0.4) is 0 Å². The number of carbonyl (C=O) groups is 1. The van der Waals surface area contributed by atoms with Crippen LogP contribution >= 0.6 is 11.6 Å². The average Bonchev–Trinajstić information content (AvgIpc) is 3.17. The van der Waals surface area contributed by atoms with Gasteiger partial charge in [-0.2, -0.15) is 0 Å². The first-order valence-electron chi connectivity index (χ1n) is 10.2. The Bertz CT molecular complexity index is 1560. The van der Waals surface area contributed by atoms with E-state index in [1.54, 1.807) is 18.2 Å². The van der Waals surface area contributed by atoms with Crippen molar-refractivity contribution < 1.29 is 13.6 Å². The Kier molecular flexibility index (Phi) is 5.10. The lowest BCUT2D eigenvalue weighted by Crippen LogP contribution is -2.14. The van der Waals surface area contributed by atoms with Crippen molar-refractivity contribution in [1.82, 2.24) is 9.55 Å². The van der Waals surface area contributed by atoms with Gasteiger partial charge in [-0.3, -0.25) is 9.36 Å². The quantitative estimate of drug-likeness (QED) is 0.306. The van der Waals surface area contributed by atoms with Crippen LogP contribution in [0.5, 0.6) is 0 Å². The molecule has 0 unspecified atom stereocenters. The highest BCUT2D eigenvalue weighted by Gasteiger charge is 2.23. The van der Waals surface area contributed by atoms with Crippen LogP contribution in [0.4, 0.5) is 14.5 Å². The van der Waals surface area contributed by atoms with Gasteiger partial charge < -0.3 is 4.90 Å². The Morgan fingerprint density at radius 3 is 2.39 bits per heavy atom. The van der Waals surface area contributed by atoms with E-state index in [0.29, 0.717) is 21.9 Å². The maximum atomic E-state index is 13.9. The van der Waals surface area contributed by atoms with Crippen LogP contribution in [0.25, 0.3) is 33.2 Å². The van der Waals surface area contributed by atoms with Crippen LogP contribution in [0, 0.1) is 11.6 Å². The maximum Gasteiger partial charge on any atom is 0.264 e. The number of rotatable bonds is 3. The molecule has 5 rings (SSSR count). The second-order valence-corrected chi connectivity index (χ2v) is 8.35. The van der Waals surface area contributed by atoms with Gasteiger partial charge >= 0.3 is 0 Å². The van der Waals surface area contributed by atoms with E-state index >= 15 is 0 Å². The molecule has 7 heteroatoms. The Hall–Kier alpha value is -3.77. The Labute approximate surface area is 193 Å². The van der Waals surface area contributed by atoms with Crippen molar-refractivity contribution in [3.05, 3.63) is 95.0 Å². The van der Waals surface area contributed by atoms with Gasteiger partial charge in [-0.1, -0.05) is 35.9 Å². The van der Waals surface area contributed by atoms with Gasteiger partial charge in [-0.25, -0.2) is 13.8 Å². The monoisotopic (exact) mass is 461 g/mol. The van der Waals surface area contributed by atoms with Gasteiger partial charge in [-0.15, -0.1) is 0 Å². The molecule has 0 aliphatic heterocycles. The summed E-state index contributed by atoms with van der Waals surface area (Å²) in [7, 11) is 3.93. The van der Waals surface area contributed by atoms with Crippen LogP contribution in [0.2, 0.25) is 5.02 Å². The molecule has 0 atom stereocenters. The number of imidazole rings is 1. The topological polar surface area (TPSA) is 38.1 Å². The second kappa shape index (κ2) is 7.98. The SMILES string of the molecule is CN(C)c1ccc(-c2nc3ccc(Cl)cc3n2C(=O)c2ccc(F)c(F)c2)c2ccccc12. The standard InChI is InChI=1S/C26H18ClF2N3O/c1-31(2)23-12-9-19(17-5-3-4-6-18(17)23)25-30-22-11-8-16(27)14-24(22)32(25)26(33)15-7-10-20(28)21(29)13-15/h3-14H,1-2H3. The van der Waals surface area contributed by atoms with Crippen LogP contribution in [-0.4, -0.2) is 29.6 Å². The molecule has 5 aromatic rings. The minimum absolute atomic E-state index is 0.00337. The smallest absolute Gasteiger partial charge is 0.264 e. The molecule has 0 bridgehead atoms. The Morgan fingerprint density at radius 2 is 1.67 bits per heavy atom. The number of nitrogens with zero attached hydrogens (tertiary/aromatic N) is 3. The minimum Gasteiger partial charge on any atom is -0.377 e. The predicted molar refractivity (Wildman–Crippen MR) is 128 cm³/mol. The number of anilines is 1. The number of carbonyl (C=O) groups excluding carboxylic acids is 1. The fourth-order valence-corrected chi connectivity index (χ4v) is 4.23. The van der Waals surface area contributed by atoms with E-state index in [4.69, 9.17) is 16.6 Å². The number of hydrogen-bond donors (Lipinski definition) is 0. The normalized spacial score (nSPS) is 11.3. The third-order valence-electron chi connectivity index (χ3n) is 5.61. The number of fused-ring (bicyclic) bond motifs is 2. The van der Waals surface area contributed by atoms with E-state index in [1.807, 2.05) is 55.4 Å². The summed E-state index contributed by atoms with van der Waals surface area (Å²) >= 11 is 6.23. The first-order valence-corrected chi connectivity index (χ1v) is 10.6. The van der Waals surface area contributed by atoms with E-state index in [1.165, 1.54) is 10.6 Å². The minimum atomic E-state index is -1.09. The van der Waals surface area contributed by atoms with Gasteiger partial charge in [0.1, 0.15) is 5.82 Å². The molecule has 0 spiro atoms. The molecule has 33 heavy (non-hydrogen) atoms. The highest BCUT2D eigenvalue weighted by Crippen LogP contribution is 2.36. The highest BCUT2D eigenvalue weighted by atomic mass is 35.5. The highest BCUT2D eigenvalue weighted by molar-refractivity contribution is 6.31. The summed E-state index contributed by atoms with van der Waals surface area (Å²) < 4.78 is 28.8. The molecule has 0 N–H and O–H groups in total. The lowest BCUT2D eigenvalue weighted by atomic mass is 10.0. The Morgan fingerprint density at radius 1 is 0.909 bits per heavy atom. The van der Waals surface area contributed by atoms with Crippen molar-refractivity contribution in [3.63, 3.8) is 0 Å². The summed E-state index contributed by atoms with van der Waals surface area (Å²) in [5, 5.41) is 2.34. The van der Waals surface area contributed by atoms with Crippen molar-refractivity contribution in [3.8, 4) is 11.4 Å². The van der Waals surface area contributed by atoms with Crippen LogP contribution in [0.1, 0.15) is 10.4 Å². The first kappa shape index (κ1) is 21.1. The van der Waals surface area contributed by atoms with Gasteiger partial charge in [0.15, 0.2) is 11.6 Å². The van der Waals surface area contributed by atoms with Crippen LogP contribution < -0.4 is 4.90 Å². The molecule has 0 aliphatic carbocycles. The number of halogens is 3. The van der Waals surface area contributed by atoms with Gasteiger partial charge in [0.2, 0.25) is 0 Å². The molecule has 0 fully saturated rings. The van der Waals surface area contributed by atoms with Crippen molar-refractivity contribution in [1.29, 1.82) is 0 Å². The molecule has 4 nitrogen and oxygen atoms in total. The molecule has 0 saturated carbocycles. The second-order valence-electron chi connectivity index (χ2n) is 7.91. The molecule has 164 valence electrons. The summed E-state index contributed by atoms with van der Waals surface area (Å²) in [6.07, 6.45) is 0. The fraction of sp³-hybridized carbons (Fsp3) is 0.0769. The first-order chi connectivity index (χ1) is 15.8. The largest absolute Gasteiger partial charge is 0.377 e. The van der Waals surface area contributed by atoms with Crippen molar-refractivity contribution in [2.75, 3.05) is 19.0 Å². The average molecular weight is 462 g/mol. The summed E-state index contributed by atoms with van der Waals surface area (Å²) in [6, 6.07) is 19.9. The van der Waals surface area contributed by atoms with Crippen molar-refractivity contribution in [2.45, 2.75) is 0 Å². The molecule has 0 radical (unpaired) electrons.